The van der Waals surface area contributed by atoms with Crippen molar-refractivity contribution in [3.63, 3.8) is 0 Å². The van der Waals surface area contributed by atoms with Gasteiger partial charge in [-0.25, -0.2) is 0 Å². The highest BCUT2D eigenvalue weighted by molar-refractivity contribution is 6.67. The number of hydrogen-bond acceptors (Lipinski definition) is 0. The van der Waals surface area contributed by atoms with E-state index in [-0.39, 0.29) is 10.4 Å². The molecule has 0 radical (unpaired) electrons. The third kappa shape index (κ3) is 3.10. The predicted octanol–water partition coefficient (Wildman–Crippen LogP) is 3.18. The van der Waals surface area contributed by atoms with E-state index in [4.69, 9.17) is 46.4 Å². The van der Waals surface area contributed by atoms with Gasteiger partial charge in [0.1, 0.15) is 8.98 Å². The molecule has 36 valence electrons. The fourth-order valence-electron chi connectivity index (χ4n) is 0. The van der Waals surface area contributed by atoms with Gasteiger partial charge in [-0.15, -0.1) is 0 Å². The lowest BCUT2D eigenvalue weighted by Crippen LogP contribution is -1.47. The van der Waals surface area contributed by atoms with Crippen LogP contribution >= 0.6 is 46.4 Å². The van der Waals surface area contributed by atoms with Gasteiger partial charge < -0.3 is 0 Å². The standard InChI is InChI=1S/C2Cl4/c3-1(4)2(5)6/p+1. The van der Waals surface area contributed by atoms with E-state index in [2.05, 4.69) is 0 Å². The number of hydrogen-bond donors (Lipinski definition) is 0. The summed E-state index contributed by atoms with van der Waals surface area (Å²) >= 11 is 20.0. The van der Waals surface area contributed by atoms with Crippen LogP contribution in [-0.4, -0.2) is 0 Å². The van der Waals surface area contributed by atoms with Crippen molar-refractivity contribution in [1.82, 2.24) is 0 Å². The highest BCUT2D eigenvalue weighted by Gasteiger charge is 1.88. The number of halogens is 4. The molecular formula is C2HCl4+. The van der Waals surface area contributed by atoms with Gasteiger partial charge in [-0.2, -0.15) is 0 Å². The van der Waals surface area contributed by atoms with Crippen molar-refractivity contribution in [2.24, 2.45) is 0 Å². The molecule has 0 aliphatic heterocycles. The first kappa shape index (κ1) is 6.90. The highest BCUT2D eigenvalue weighted by Crippen LogP contribution is 2.20. The second-order valence-electron chi connectivity index (χ2n) is 0.521. The molecule has 0 aromatic heterocycles. The third-order valence-corrected chi connectivity index (χ3v) is 1.29. The molecule has 0 aliphatic carbocycles. The normalized spacial score (nSPS) is 8.00. The minimum atomic E-state index is -0.0988. The zero-order valence-corrected chi connectivity index (χ0v) is 5.54. The molecule has 0 saturated heterocycles. The van der Waals surface area contributed by atoms with Crippen LogP contribution in [-0.2, 0) is 0 Å². The van der Waals surface area contributed by atoms with Crippen molar-refractivity contribution in [1.29, 1.82) is 0 Å². The summed E-state index contributed by atoms with van der Waals surface area (Å²) < 4.78 is -0.198. The van der Waals surface area contributed by atoms with Gasteiger partial charge in [-0.05, 0) is 0 Å². The van der Waals surface area contributed by atoms with Crippen molar-refractivity contribution >= 4 is 46.4 Å². The molecule has 6 heavy (non-hydrogen) atoms. The first-order valence-corrected chi connectivity index (χ1v) is 2.52. The monoisotopic (exact) mass is 165 g/mol. The van der Waals surface area contributed by atoms with E-state index in [1.54, 1.807) is 0 Å². The molecule has 0 bridgehead atoms. The maximum absolute atomic E-state index is 4.99. The van der Waals surface area contributed by atoms with Gasteiger partial charge in [0.25, 0.3) is 0 Å². The minimum absolute atomic E-state index is 0. The Morgan fingerprint density at radius 3 is 1.00 bits per heavy atom. The van der Waals surface area contributed by atoms with E-state index < -0.39 is 0 Å². The molecule has 0 aliphatic rings. The van der Waals surface area contributed by atoms with Gasteiger partial charge in [0.2, 0.25) is 0 Å². The van der Waals surface area contributed by atoms with E-state index in [1.165, 1.54) is 0 Å². The SMILES string of the molecule is ClC(Cl)=C(Cl)Cl.[H+]. The van der Waals surface area contributed by atoms with Crippen LogP contribution < -0.4 is 0 Å². The number of rotatable bonds is 0. The minimum Gasteiger partial charge on any atom is -0.0682 e. The Hall–Kier alpha value is 0.900. The molecule has 0 N–H and O–H groups in total. The summed E-state index contributed by atoms with van der Waals surface area (Å²) in [6.07, 6.45) is 0. The average molecular weight is 167 g/mol. The lowest BCUT2D eigenvalue weighted by molar-refractivity contribution is 2.25. The summed E-state index contributed by atoms with van der Waals surface area (Å²) in [7, 11) is 0. The average Bonchev–Trinajstić information content (AvgIpc) is 1.36. The van der Waals surface area contributed by atoms with E-state index in [9.17, 15) is 0 Å². The van der Waals surface area contributed by atoms with Crippen molar-refractivity contribution < 1.29 is 1.43 Å². The lowest BCUT2D eigenvalue weighted by atomic mass is 11.2. The van der Waals surface area contributed by atoms with E-state index in [0.717, 1.165) is 0 Å². The van der Waals surface area contributed by atoms with Crippen molar-refractivity contribution in [3.05, 3.63) is 8.98 Å². The van der Waals surface area contributed by atoms with Crippen LogP contribution in [0.15, 0.2) is 8.98 Å². The van der Waals surface area contributed by atoms with Gasteiger partial charge in [0.05, 0.1) is 0 Å². The molecule has 0 fully saturated rings. The summed E-state index contributed by atoms with van der Waals surface area (Å²) in [5.74, 6) is 0. The van der Waals surface area contributed by atoms with Crippen LogP contribution in [0.5, 0.6) is 0 Å². The Morgan fingerprint density at radius 2 is 1.00 bits per heavy atom. The van der Waals surface area contributed by atoms with Crippen LogP contribution in [0.25, 0.3) is 0 Å². The Balaban J connectivity index is 0. The van der Waals surface area contributed by atoms with Gasteiger partial charge in [0, 0.05) is 0 Å². The summed E-state index contributed by atoms with van der Waals surface area (Å²) in [6, 6.07) is 0. The van der Waals surface area contributed by atoms with Crippen LogP contribution in [0.3, 0.4) is 0 Å². The van der Waals surface area contributed by atoms with Crippen LogP contribution in [0, 0.1) is 0 Å². The molecule has 4 heteroatoms. The molecule has 0 saturated carbocycles. The molecule has 0 amide bonds. The molecule has 0 aromatic rings. The summed E-state index contributed by atoms with van der Waals surface area (Å²) in [5.41, 5.74) is 0. The quantitative estimate of drug-likeness (QED) is 0.519. The third-order valence-electron chi connectivity index (χ3n) is 0.143. The lowest BCUT2D eigenvalue weighted by Gasteiger charge is -1.75. The van der Waals surface area contributed by atoms with Gasteiger partial charge >= 0.3 is 1.43 Å². The van der Waals surface area contributed by atoms with Gasteiger partial charge in [-0.1, -0.05) is 46.4 Å². The van der Waals surface area contributed by atoms with E-state index in [0.29, 0.717) is 0 Å². The smallest absolute Gasteiger partial charge is 0.0682 e. The molecule has 0 spiro atoms. The Kier molecular flexibility index (Phi) is 3.42. The topological polar surface area (TPSA) is 0 Å². The zero-order chi connectivity index (χ0) is 5.15. The largest absolute Gasteiger partial charge is 1.00 e. The molecule has 0 atom stereocenters. The van der Waals surface area contributed by atoms with Crippen LogP contribution in [0.1, 0.15) is 1.43 Å². The second-order valence-corrected chi connectivity index (χ2v) is 2.42. The second kappa shape index (κ2) is 2.98. The molecule has 0 rings (SSSR count). The molecule has 0 nitrogen and oxygen atoms in total. The molecule has 0 aromatic carbocycles. The van der Waals surface area contributed by atoms with Gasteiger partial charge in [0.15, 0.2) is 0 Å². The predicted molar refractivity (Wildman–Crippen MR) is 31.6 cm³/mol. The maximum Gasteiger partial charge on any atom is 1.00 e. The van der Waals surface area contributed by atoms with E-state index >= 15 is 0 Å². The van der Waals surface area contributed by atoms with Crippen molar-refractivity contribution in [2.45, 2.75) is 0 Å². The van der Waals surface area contributed by atoms with Crippen LogP contribution in [0.4, 0.5) is 0 Å². The van der Waals surface area contributed by atoms with Crippen molar-refractivity contribution in [2.75, 3.05) is 0 Å². The maximum atomic E-state index is 4.99. The molecule has 0 unspecified atom stereocenters. The zero-order valence-electron chi connectivity index (χ0n) is 3.51. The Labute approximate surface area is 57.1 Å². The van der Waals surface area contributed by atoms with Crippen LogP contribution in [0.2, 0.25) is 0 Å². The fraction of sp³-hybridized carbons (Fsp3) is 0. The Morgan fingerprint density at radius 1 is 0.833 bits per heavy atom. The first-order valence-electron chi connectivity index (χ1n) is 1.01. The molecule has 0 heterocycles. The van der Waals surface area contributed by atoms with Gasteiger partial charge in [-0.3, -0.25) is 0 Å². The Bertz CT molecular complexity index is 59.8. The molecular weight excluding hydrogens is 166 g/mol. The summed E-state index contributed by atoms with van der Waals surface area (Å²) in [5, 5.41) is 0. The fourth-order valence-corrected chi connectivity index (χ4v) is 0. The first-order chi connectivity index (χ1) is 2.64. The van der Waals surface area contributed by atoms with Crippen molar-refractivity contribution in [3.8, 4) is 0 Å². The summed E-state index contributed by atoms with van der Waals surface area (Å²) in [4.78, 5) is 0. The summed E-state index contributed by atoms with van der Waals surface area (Å²) in [6.45, 7) is 0. The van der Waals surface area contributed by atoms with E-state index in [1.807, 2.05) is 0 Å². The highest BCUT2D eigenvalue weighted by atomic mass is 35.5.